The van der Waals surface area contributed by atoms with Gasteiger partial charge in [-0.1, -0.05) is 66.7 Å². The van der Waals surface area contributed by atoms with Gasteiger partial charge in [-0.2, -0.15) is 11.3 Å². The molecule has 0 radical (unpaired) electrons. The molecule has 122 valence electrons. The van der Waals surface area contributed by atoms with Gasteiger partial charge in [0.1, 0.15) is 0 Å². The first-order chi connectivity index (χ1) is 12.3. The zero-order valence-corrected chi connectivity index (χ0v) is 14.5. The molecule has 1 heterocycles. The van der Waals surface area contributed by atoms with Gasteiger partial charge in [0.25, 0.3) is 0 Å². The number of nitrogens with two attached hydrogens (primary N) is 1. The number of thiophene rings is 1. The Hall–Kier alpha value is -2.88. The van der Waals surface area contributed by atoms with Crippen LogP contribution in [0.4, 0.5) is 11.4 Å². The summed E-state index contributed by atoms with van der Waals surface area (Å²) < 4.78 is 0. The smallest absolute Gasteiger partial charge is 0.0654 e. The van der Waals surface area contributed by atoms with Crippen LogP contribution in [0.3, 0.4) is 0 Å². The van der Waals surface area contributed by atoms with Crippen molar-refractivity contribution in [2.45, 2.75) is 0 Å². The van der Waals surface area contributed by atoms with Gasteiger partial charge in [-0.3, -0.25) is 5.01 Å². The van der Waals surface area contributed by atoms with E-state index in [1.54, 1.807) is 16.3 Å². The zero-order valence-electron chi connectivity index (χ0n) is 13.7. The van der Waals surface area contributed by atoms with Crippen LogP contribution in [-0.4, -0.2) is 0 Å². The van der Waals surface area contributed by atoms with Crippen LogP contribution in [-0.2, 0) is 0 Å². The highest BCUT2D eigenvalue weighted by Crippen LogP contribution is 2.38. The van der Waals surface area contributed by atoms with Crippen LogP contribution in [0.25, 0.3) is 22.3 Å². The van der Waals surface area contributed by atoms with Crippen molar-refractivity contribution in [1.82, 2.24) is 0 Å². The first kappa shape index (κ1) is 15.6. The van der Waals surface area contributed by atoms with Crippen LogP contribution in [0.15, 0.2) is 95.7 Å². The average Bonchev–Trinajstić information content (AvgIpc) is 3.23. The molecule has 0 unspecified atom stereocenters. The van der Waals surface area contributed by atoms with E-state index in [0.29, 0.717) is 0 Å². The average molecular weight is 342 g/mol. The quantitative estimate of drug-likeness (QED) is 0.359. The molecule has 4 aromatic rings. The summed E-state index contributed by atoms with van der Waals surface area (Å²) in [6.07, 6.45) is 0. The van der Waals surface area contributed by atoms with Gasteiger partial charge < -0.3 is 0 Å². The highest BCUT2D eigenvalue weighted by atomic mass is 32.1. The number of rotatable bonds is 4. The second-order valence-electron chi connectivity index (χ2n) is 5.78. The molecule has 1 aromatic heterocycles. The highest BCUT2D eigenvalue weighted by Gasteiger charge is 2.15. The molecule has 2 nitrogen and oxygen atoms in total. The lowest BCUT2D eigenvalue weighted by Gasteiger charge is -2.24. The van der Waals surface area contributed by atoms with Gasteiger partial charge in [-0.15, -0.1) is 0 Å². The molecule has 0 aliphatic heterocycles. The van der Waals surface area contributed by atoms with E-state index in [4.69, 9.17) is 5.84 Å². The summed E-state index contributed by atoms with van der Waals surface area (Å²) >= 11 is 1.69. The molecule has 25 heavy (non-hydrogen) atoms. The van der Waals surface area contributed by atoms with Crippen LogP contribution in [0.2, 0.25) is 0 Å². The van der Waals surface area contributed by atoms with E-state index in [2.05, 4.69) is 53.2 Å². The SMILES string of the molecule is NN(c1ccccc1-c1ccccc1)c1ccccc1-c1ccsc1. The minimum atomic E-state index is 0.983. The van der Waals surface area contributed by atoms with Gasteiger partial charge in [-0.25, -0.2) is 5.84 Å². The third kappa shape index (κ3) is 3.07. The van der Waals surface area contributed by atoms with E-state index in [9.17, 15) is 0 Å². The molecule has 0 bridgehead atoms. The molecule has 0 aliphatic carbocycles. The Morgan fingerprint density at radius 3 is 1.76 bits per heavy atom. The second kappa shape index (κ2) is 6.93. The maximum absolute atomic E-state index is 6.60. The summed E-state index contributed by atoms with van der Waals surface area (Å²) in [5, 5.41) is 6.02. The van der Waals surface area contributed by atoms with Crippen molar-refractivity contribution in [3.05, 3.63) is 95.7 Å². The fourth-order valence-corrected chi connectivity index (χ4v) is 3.68. The van der Waals surface area contributed by atoms with Crippen LogP contribution in [0.5, 0.6) is 0 Å². The second-order valence-corrected chi connectivity index (χ2v) is 6.56. The van der Waals surface area contributed by atoms with Gasteiger partial charge in [-0.05, 0) is 40.1 Å². The largest absolute Gasteiger partial charge is 0.278 e. The molecular formula is C22H18N2S. The Labute approximate surface area is 151 Å². The molecule has 0 amide bonds. The van der Waals surface area contributed by atoms with E-state index < -0.39 is 0 Å². The van der Waals surface area contributed by atoms with Crippen LogP contribution in [0, 0.1) is 0 Å². The lowest BCUT2D eigenvalue weighted by atomic mass is 10.0. The van der Waals surface area contributed by atoms with Gasteiger partial charge in [0.2, 0.25) is 0 Å². The number of hydrogen-bond acceptors (Lipinski definition) is 3. The van der Waals surface area contributed by atoms with Crippen molar-refractivity contribution in [1.29, 1.82) is 0 Å². The van der Waals surface area contributed by atoms with Crippen molar-refractivity contribution in [2.24, 2.45) is 5.84 Å². The van der Waals surface area contributed by atoms with E-state index in [1.165, 1.54) is 5.56 Å². The Bertz CT molecular complexity index is 962. The highest BCUT2D eigenvalue weighted by molar-refractivity contribution is 7.08. The molecule has 0 atom stereocenters. The summed E-state index contributed by atoms with van der Waals surface area (Å²) in [6.45, 7) is 0. The predicted molar refractivity (Wildman–Crippen MR) is 108 cm³/mol. The van der Waals surface area contributed by atoms with Crippen molar-refractivity contribution in [3.8, 4) is 22.3 Å². The molecular weight excluding hydrogens is 324 g/mol. The molecule has 0 saturated carbocycles. The lowest BCUT2D eigenvalue weighted by molar-refractivity contribution is 1.09. The van der Waals surface area contributed by atoms with E-state index >= 15 is 0 Å². The molecule has 2 N–H and O–H groups in total. The third-order valence-corrected chi connectivity index (χ3v) is 4.93. The van der Waals surface area contributed by atoms with Gasteiger partial charge in [0.05, 0.1) is 11.4 Å². The molecule has 0 aliphatic rings. The van der Waals surface area contributed by atoms with Crippen molar-refractivity contribution >= 4 is 22.7 Å². The Balaban J connectivity index is 1.83. The fraction of sp³-hybridized carbons (Fsp3) is 0. The Morgan fingerprint density at radius 1 is 0.600 bits per heavy atom. The molecule has 0 saturated heterocycles. The topological polar surface area (TPSA) is 29.3 Å². The van der Waals surface area contributed by atoms with E-state index in [1.807, 2.05) is 42.5 Å². The Morgan fingerprint density at radius 2 is 1.16 bits per heavy atom. The zero-order chi connectivity index (χ0) is 17.1. The molecule has 3 aromatic carbocycles. The summed E-state index contributed by atoms with van der Waals surface area (Å²) in [6, 6.07) is 29.0. The molecule has 0 fully saturated rings. The third-order valence-electron chi connectivity index (χ3n) is 4.24. The van der Waals surface area contributed by atoms with Gasteiger partial charge in [0.15, 0.2) is 0 Å². The maximum Gasteiger partial charge on any atom is 0.0654 e. The van der Waals surface area contributed by atoms with Crippen LogP contribution >= 0.6 is 11.3 Å². The molecule has 3 heteroatoms. The minimum Gasteiger partial charge on any atom is -0.278 e. The fourth-order valence-electron chi connectivity index (χ4n) is 3.02. The standard InChI is InChI=1S/C22H18N2S/c23-24(22-13-7-5-11-20(22)18-14-15-25-16-18)21-12-6-4-10-19(21)17-8-2-1-3-9-17/h1-16H,23H2. The number of hydrazine groups is 1. The van der Waals surface area contributed by atoms with Crippen molar-refractivity contribution < 1.29 is 0 Å². The summed E-state index contributed by atoms with van der Waals surface area (Å²) in [5.41, 5.74) is 6.57. The predicted octanol–water partition coefficient (Wildman–Crippen LogP) is 6.09. The van der Waals surface area contributed by atoms with E-state index in [-0.39, 0.29) is 0 Å². The minimum absolute atomic E-state index is 0.983. The number of anilines is 2. The van der Waals surface area contributed by atoms with E-state index in [0.717, 1.165) is 28.1 Å². The number of para-hydroxylation sites is 2. The van der Waals surface area contributed by atoms with Crippen LogP contribution in [0.1, 0.15) is 0 Å². The first-order valence-electron chi connectivity index (χ1n) is 8.15. The number of nitrogens with zero attached hydrogens (tertiary/aromatic N) is 1. The van der Waals surface area contributed by atoms with Crippen molar-refractivity contribution in [2.75, 3.05) is 5.01 Å². The number of benzene rings is 3. The Kier molecular flexibility index (Phi) is 4.34. The van der Waals surface area contributed by atoms with Crippen LogP contribution < -0.4 is 10.9 Å². The summed E-state index contributed by atoms with van der Waals surface area (Å²) in [5.74, 6) is 6.60. The lowest BCUT2D eigenvalue weighted by Crippen LogP contribution is -2.26. The first-order valence-corrected chi connectivity index (χ1v) is 9.10. The normalized spacial score (nSPS) is 10.6. The van der Waals surface area contributed by atoms with Gasteiger partial charge in [0, 0.05) is 11.1 Å². The van der Waals surface area contributed by atoms with Gasteiger partial charge >= 0.3 is 0 Å². The molecule has 0 spiro atoms. The number of hydrogen-bond donors (Lipinski definition) is 1. The summed E-state index contributed by atoms with van der Waals surface area (Å²) in [7, 11) is 0. The molecule has 4 rings (SSSR count). The van der Waals surface area contributed by atoms with Crippen molar-refractivity contribution in [3.63, 3.8) is 0 Å². The summed E-state index contributed by atoms with van der Waals surface area (Å²) in [4.78, 5) is 0. The monoisotopic (exact) mass is 342 g/mol. The maximum atomic E-state index is 6.60.